The Hall–Kier alpha value is -0.520. The quantitative estimate of drug-likeness (QED) is 0.509. The van der Waals surface area contributed by atoms with E-state index in [1.807, 2.05) is 0 Å². The van der Waals surface area contributed by atoms with Gasteiger partial charge in [0.2, 0.25) is 0 Å². The monoisotopic (exact) mass is 129 g/mol. The zero-order chi connectivity index (χ0) is 6.81. The van der Waals surface area contributed by atoms with Gasteiger partial charge < -0.3 is 0 Å². The normalized spacial score (nSPS) is 25.8. The molecule has 0 unspecified atom stereocenters. The molecule has 0 saturated heterocycles. The first-order valence-corrected chi connectivity index (χ1v) is 3.54. The van der Waals surface area contributed by atoms with E-state index in [1.165, 1.54) is 11.5 Å². The fourth-order valence-electron chi connectivity index (χ4n) is 1.25. The van der Waals surface area contributed by atoms with Crippen molar-refractivity contribution in [2.45, 2.75) is 6.42 Å². The lowest BCUT2D eigenvalue weighted by molar-refractivity contribution is 1.16. The zero-order valence-electron chi connectivity index (χ0n) is 5.75. The lowest BCUT2D eigenvalue weighted by Gasteiger charge is -2.07. The summed E-state index contributed by atoms with van der Waals surface area (Å²) in [5.41, 5.74) is 1.44. The van der Waals surface area contributed by atoms with Gasteiger partial charge in [0.25, 0.3) is 0 Å². The minimum Gasteiger partial charge on any atom is -0.0804 e. The van der Waals surface area contributed by atoms with Crippen molar-refractivity contribution in [1.82, 2.24) is 0 Å². The van der Waals surface area contributed by atoms with Crippen LogP contribution in [0.2, 0.25) is 0 Å². The summed E-state index contributed by atoms with van der Waals surface area (Å²) in [7, 11) is 0. The van der Waals surface area contributed by atoms with Crippen LogP contribution in [0, 0.1) is 31.6 Å². The molecule has 0 aromatic carbocycles. The summed E-state index contributed by atoms with van der Waals surface area (Å²) in [4.78, 5) is 0. The molecule has 2 aliphatic carbocycles. The standard InChI is InChI=1S/C10H9/c1-2-6-9(5-1)10-7-3-4-8-10/h1-7H,8H2. The summed E-state index contributed by atoms with van der Waals surface area (Å²) in [5, 5.41) is 0. The van der Waals surface area contributed by atoms with E-state index >= 15 is 0 Å². The Bertz CT molecular complexity index is 168. The largest absolute Gasteiger partial charge is 0.0804 e. The fraction of sp³-hybridized carbons (Fsp3) is 0.100. The van der Waals surface area contributed by atoms with Crippen molar-refractivity contribution in [2.75, 3.05) is 0 Å². The minimum atomic E-state index is 1.10. The van der Waals surface area contributed by atoms with Crippen LogP contribution in [0.15, 0.2) is 23.8 Å². The Labute approximate surface area is 62.6 Å². The van der Waals surface area contributed by atoms with Crippen LogP contribution in [0.1, 0.15) is 6.42 Å². The first-order valence-electron chi connectivity index (χ1n) is 3.54. The highest BCUT2D eigenvalue weighted by molar-refractivity contribution is 5.51. The second kappa shape index (κ2) is 2.61. The molecule has 0 N–H and O–H groups in total. The number of rotatable bonds is 1. The van der Waals surface area contributed by atoms with Crippen molar-refractivity contribution >= 4 is 0 Å². The van der Waals surface area contributed by atoms with Crippen molar-refractivity contribution in [2.24, 2.45) is 0 Å². The maximum atomic E-state index is 2.18. The summed E-state index contributed by atoms with van der Waals surface area (Å²) in [6.07, 6.45) is 16.0. The molecule has 0 aliphatic heterocycles. The maximum Gasteiger partial charge on any atom is 0.00859 e. The smallest absolute Gasteiger partial charge is 0.00859 e. The molecule has 5 radical (unpaired) electrons. The van der Waals surface area contributed by atoms with E-state index in [-0.39, 0.29) is 0 Å². The molecule has 0 heterocycles. The van der Waals surface area contributed by atoms with Crippen molar-refractivity contribution in [3.05, 3.63) is 55.4 Å². The van der Waals surface area contributed by atoms with E-state index in [1.54, 1.807) is 0 Å². The van der Waals surface area contributed by atoms with Crippen LogP contribution in [0.5, 0.6) is 0 Å². The molecule has 1 fully saturated rings. The van der Waals surface area contributed by atoms with Crippen molar-refractivity contribution in [3.8, 4) is 0 Å². The van der Waals surface area contributed by atoms with E-state index < -0.39 is 0 Å². The fourth-order valence-corrected chi connectivity index (χ4v) is 1.25. The highest BCUT2D eigenvalue weighted by Gasteiger charge is 2.20. The van der Waals surface area contributed by atoms with E-state index in [4.69, 9.17) is 0 Å². The van der Waals surface area contributed by atoms with Crippen molar-refractivity contribution in [3.63, 3.8) is 0 Å². The molecule has 10 heavy (non-hydrogen) atoms. The van der Waals surface area contributed by atoms with Gasteiger partial charge in [-0.15, -0.1) is 0 Å². The Balaban J connectivity index is 1.99. The molecule has 49 valence electrons. The molecule has 0 aromatic rings. The Morgan fingerprint density at radius 3 is 2.50 bits per heavy atom. The predicted octanol–water partition coefficient (Wildman–Crippen LogP) is 2.28. The Morgan fingerprint density at radius 1 is 1.10 bits per heavy atom. The zero-order valence-corrected chi connectivity index (χ0v) is 5.75. The molecule has 2 rings (SSSR count). The molecule has 0 heteroatoms. The van der Waals surface area contributed by atoms with Gasteiger partial charge >= 0.3 is 0 Å². The topological polar surface area (TPSA) is 0 Å². The molecule has 0 nitrogen and oxygen atoms in total. The molecule has 0 bridgehead atoms. The second-order valence-corrected chi connectivity index (χ2v) is 2.50. The molecule has 0 atom stereocenters. The number of hydrogen-bond donors (Lipinski definition) is 0. The van der Waals surface area contributed by atoms with Crippen LogP contribution in [0.3, 0.4) is 0 Å². The van der Waals surface area contributed by atoms with Crippen LogP contribution >= 0.6 is 0 Å². The Kier molecular flexibility index (Phi) is 1.62. The molecule has 2 aliphatic rings. The van der Waals surface area contributed by atoms with Gasteiger partial charge in [-0.2, -0.15) is 0 Å². The molecule has 0 aromatic heterocycles. The Morgan fingerprint density at radius 2 is 1.90 bits per heavy atom. The van der Waals surface area contributed by atoms with Crippen LogP contribution < -0.4 is 0 Å². The highest BCUT2D eigenvalue weighted by atomic mass is 14.2. The van der Waals surface area contributed by atoms with Crippen molar-refractivity contribution in [1.29, 1.82) is 0 Å². The summed E-state index contributed by atoms with van der Waals surface area (Å²) < 4.78 is 0. The van der Waals surface area contributed by atoms with Gasteiger partial charge in [-0.25, -0.2) is 0 Å². The second-order valence-electron chi connectivity index (χ2n) is 2.50. The van der Waals surface area contributed by atoms with E-state index in [2.05, 4.69) is 43.9 Å². The third-order valence-corrected chi connectivity index (χ3v) is 1.80. The molecule has 0 amide bonds. The molecule has 0 spiro atoms. The average molecular weight is 129 g/mol. The van der Waals surface area contributed by atoms with E-state index in [0.717, 1.165) is 6.42 Å². The summed E-state index contributed by atoms with van der Waals surface area (Å²) in [6.45, 7) is 0. The van der Waals surface area contributed by atoms with E-state index in [9.17, 15) is 0 Å². The van der Waals surface area contributed by atoms with Crippen molar-refractivity contribution < 1.29 is 0 Å². The van der Waals surface area contributed by atoms with E-state index in [0.29, 0.717) is 0 Å². The SMILES string of the molecule is [CH]1[CH][CH][C](C2=CC=CC2)[CH]1. The first-order chi connectivity index (χ1) is 4.97. The molecule has 1 saturated carbocycles. The molecular weight excluding hydrogens is 120 g/mol. The van der Waals surface area contributed by atoms with Crippen LogP contribution in [-0.2, 0) is 0 Å². The lowest BCUT2D eigenvalue weighted by Crippen LogP contribution is -1.93. The van der Waals surface area contributed by atoms with Gasteiger partial charge in [-0.05, 0) is 32.1 Å². The van der Waals surface area contributed by atoms with Gasteiger partial charge in [-0.3, -0.25) is 0 Å². The van der Waals surface area contributed by atoms with Gasteiger partial charge in [0.1, 0.15) is 0 Å². The number of hydrogen-bond acceptors (Lipinski definition) is 0. The summed E-state index contributed by atoms with van der Waals surface area (Å²) >= 11 is 0. The van der Waals surface area contributed by atoms with Gasteiger partial charge in [-0.1, -0.05) is 23.8 Å². The predicted molar refractivity (Wildman–Crippen MR) is 42.3 cm³/mol. The average Bonchev–Trinajstić information content (AvgIpc) is 2.59. The third kappa shape index (κ3) is 1.03. The first kappa shape index (κ1) is 6.21. The number of allylic oxidation sites excluding steroid dienone is 4. The highest BCUT2D eigenvalue weighted by Crippen LogP contribution is 2.33. The minimum absolute atomic E-state index is 1.10. The molecular formula is C10H9. The lowest BCUT2D eigenvalue weighted by atomic mass is 9.97. The van der Waals surface area contributed by atoms with Crippen LogP contribution in [0.4, 0.5) is 0 Å². The van der Waals surface area contributed by atoms with Crippen LogP contribution in [0.25, 0.3) is 0 Å². The summed E-state index contributed by atoms with van der Waals surface area (Å²) in [6, 6.07) is 0. The van der Waals surface area contributed by atoms with Gasteiger partial charge in [0.05, 0.1) is 0 Å². The van der Waals surface area contributed by atoms with Gasteiger partial charge in [0.15, 0.2) is 0 Å². The maximum absolute atomic E-state index is 2.18. The van der Waals surface area contributed by atoms with Crippen LogP contribution in [-0.4, -0.2) is 0 Å². The third-order valence-electron chi connectivity index (χ3n) is 1.80. The van der Waals surface area contributed by atoms with Gasteiger partial charge in [0, 0.05) is 5.92 Å². The summed E-state index contributed by atoms with van der Waals surface area (Å²) in [5.74, 6) is 1.37.